The third-order valence-electron chi connectivity index (χ3n) is 6.47. The van der Waals surface area contributed by atoms with Gasteiger partial charge in [-0.15, -0.1) is 0 Å². The molecule has 9 heteroatoms. The maximum Gasteiger partial charge on any atom is 0.344 e. The van der Waals surface area contributed by atoms with Crippen molar-refractivity contribution >= 4 is 29.7 Å². The maximum absolute atomic E-state index is 12.9. The van der Waals surface area contributed by atoms with Gasteiger partial charge >= 0.3 is 6.03 Å². The first-order chi connectivity index (χ1) is 14.8. The monoisotopic (exact) mass is 426 g/mol. The van der Waals surface area contributed by atoms with Crippen LogP contribution in [-0.4, -0.2) is 51.7 Å². The van der Waals surface area contributed by atoms with Crippen LogP contribution in [0.5, 0.6) is 0 Å². The number of hydrogen-bond donors (Lipinski definition) is 2. The number of imide groups is 2. The van der Waals surface area contributed by atoms with Crippen molar-refractivity contribution in [2.24, 2.45) is 5.92 Å². The molecule has 4 rings (SSSR count). The maximum atomic E-state index is 12.9. The number of urea groups is 1. The molecule has 1 saturated heterocycles. The molecular formula is C22H26N4O5. The van der Waals surface area contributed by atoms with Crippen molar-refractivity contribution in [2.45, 2.75) is 57.9 Å². The van der Waals surface area contributed by atoms with Crippen molar-refractivity contribution in [1.82, 2.24) is 20.7 Å². The lowest BCUT2D eigenvalue weighted by Crippen LogP contribution is -2.51. The van der Waals surface area contributed by atoms with Gasteiger partial charge in [-0.3, -0.25) is 29.5 Å². The fourth-order valence-corrected chi connectivity index (χ4v) is 4.43. The summed E-state index contributed by atoms with van der Waals surface area (Å²) >= 11 is 0. The molecule has 1 aliphatic carbocycles. The van der Waals surface area contributed by atoms with Crippen LogP contribution in [0.1, 0.15) is 83.4 Å². The fraction of sp³-hybridized carbons (Fsp3) is 0.500. The highest BCUT2D eigenvalue weighted by Crippen LogP contribution is 2.36. The molecule has 1 saturated carbocycles. The smallest absolute Gasteiger partial charge is 0.322 e. The van der Waals surface area contributed by atoms with Crippen LogP contribution < -0.4 is 10.7 Å². The third-order valence-corrected chi connectivity index (χ3v) is 6.47. The zero-order valence-electron chi connectivity index (χ0n) is 17.7. The zero-order valence-corrected chi connectivity index (χ0v) is 17.7. The molecule has 1 aromatic carbocycles. The first-order valence-corrected chi connectivity index (χ1v) is 10.8. The number of fused-ring (bicyclic) bond motifs is 1. The van der Waals surface area contributed by atoms with Crippen LogP contribution in [0.4, 0.5) is 4.79 Å². The van der Waals surface area contributed by atoms with E-state index in [1.54, 1.807) is 0 Å². The second-order valence-corrected chi connectivity index (χ2v) is 8.65. The number of benzene rings is 1. The molecule has 6 amide bonds. The van der Waals surface area contributed by atoms with Gasteiger partial charge in [-0.1, -0.05) is 20.3 Å². The van der Waals surface area contributed by atoms with E-state index >= 15 is 0 Å². The summed E-state index contributed by atoms with van der Waals surface area (Å²) in [6.45, 7) is 4.40. The zero-order chi connectivity index (χ0) is 22.3. The number of carbonyl (C=O) groups excluding carboxylic acids is 5. The predicted molar refractivity (Wildman–Crippen MR) is 110 cm³/mol. The van der Waals surface area contributed by atoms with Crippen LogP contribution >= 0.6 is 0 Å². The average Bonchev–Trinajstić information content (AvgIpc) is 3.13. The molecule has 31 heavy (non-hydrogen) atoms. The van der Waals surface area contributed by atoms with Crippen molar-refractivity contribution in [3.05, 3.63) is 34.9 Å². The Bertz CT molecular complexity index is 980. The normalized spacial score (nSPS) is 25.3. The molecule has 2 fully saturated rings. The van der Waals surface area contributed by atoms with Crippen molar-refractivity contribution in [2.75, 3.05) is 6.54 Å². The average molecular weight is 426 g/mol. The Kier molecular flexibility index (Phi) is 5.28. The van der Waals surface area contributed by atoms with Crippen molar-refractivity contribution in [1.29, 1.82) is 0 Å². The van der Waals surface area contributed by atoms with Gasteiger partial charge in [-0.2, -0.15) is 5.01 Å². The lowest BCUT2D eigenvalue weighted by Gasteiger charge is -2.33. The first-order valence-electron chi connectivity index (χ1n) is 10.8. The molecule has 0 bridgehead atoms. The molecule has 0 aromatic heterocycles. The summed E-state index contributed by atoms with van der Waals surface area (Å²) in [5.74, 6) is -1.48. The van der Waals surface area contributed by atoms with Crippen LogP contribution in [0, 0.1) is 5.92 Å². The Labute approximate surface area is 180 Å². The molecule has 2 heterocycles. The van der Waals surface area contributed by atoms with Crippen LogP contribution in [0.15, 0.2) is 18.2 Å². The molecule has 3 aliphatic rings. The molecule has 1 aromatic rings. The predicted octanol–water partition coefficient (Wildman–Crippen LogP) is 2.23. The number of amides is 6. The number of rotatable bonds is 5. The quantitative estimate of drug-likeness (QED) is 0.553. The van der Waals surface area contributed by atoms with Gasteiger partial charge in [0.1, 0.15) is 5.54 Å². The Balaban J connectivity index is 1.50. The Morgan fingerprint density at radius 3 is 2.48 bits per heavy atom. The van der Waals surface area contributed by atoms with Crippen molar-refractivity contribution < 1.29 is 24.0 Å². The highest BCUT2D eigenvalue weighted by atomic mass is 16.2. The minimum absolute atomic E-state index is 0.0936. The molecule has 0 radical (unpaired) electrons. The summed E-state index contributed by atoms with van der Waals surface area (Å²) < 4.78 is 0. The third kappa shape index (κ3) is 3.47. The Morgan fingerprint density at radius 2 is 1.81 bits per heavy atom. The Morgan fingerprint density at radius 1 is 1.13 bits per heavy atom. The topological polar surface area (TPSA) is 116 Å². The highest BCUT2D eigenvalue weighted by Gasteiger charge is 2.53. The van der Waals surface area contributed by atoms with Gasteiger partial charge in [-0.05, 0) is 56.2 Å². The van der Waals surface area contributed by atoms with E-state index in [4.69, 9.17) is 0 Å². The summed E-state index contributed by atoms with van der Waals surface area (Å²) in [5, 5.41) is 3.47. The van der Waals surface area contributed by atoms with Gasteiger partial charge in [0.15, 0.2) is 0 Å². The molecule has 2 N–H and O–H groups in total. The van der Waals surface area contributed by atoms with Gasteiger partial charge in [-0.25, -0.2) is 4.79 Å². The van der Waals surface area contributed by atoms with Crippen LogP contribution in [0.3, 0.4) is 0 Å². The minimum atomic E-state index is -0.961. The molecule has 0 atom stereocenters. The second-order valence-electron chi connectivity index (χ2n) is 8.65. The summed E-state index contributed by atoms with van der Waals surface area (Å²) in [7, 11) is 0. The van der Waals surface area contributed by atoms with E-state index in [1.165, 1.54) is 23.1 Å². The lowest BCUT2D eigenvalue weighted by atomic mass is 9.77. The largest absolute Gasteiger partial charge is 0.344 e. The van der Waals surface area contributed by atoms with Gasteiger partial charge in [0, 0.05) is 12.1 Å². The highest BCUT2D eigenvalue weighted by molar-refractivity contribution is 6.22. The Hall–Kier alpha value is -3.23. The van der Waals surface area contributed by atoms with E-state index in [2.05, 4.69) is 17.7 Å². The van der Waals surface area contributed by atoms with E-state index in [-0.39, 0.29) is 22.6 Å². The van der Waals surface area contributed by atoms with E-state index < -0.39 is 29.3 Å². The number of hydrogen-bond acceptors (Lipinski definition) is 5. The van der Waals surface area contributed by atoms with E-state index in [0.717, 1.165) is 24.3 Å². The van der Waals surface area contributed by atoms with Gasteiger partial charge in [0.25, 0.3) is 23.6 Å². The molecule has 0 unspecified atom stereocenters. The summed E-state index contributed by atoms with van der Waals surface area (Å²) in [6.07, 6.45) is 4.26. The van der Waals surface area contributed by atoms with E-state index in [1.807, 2.05) is 6.92 Å². The molecule has 9 nitrogen and oxygen atoms in total. The molecule has 1 spiro atoms. The fourth-order valence-electron chi connectivity index (χ4n) is 4.43. The second kappa shape index (κ2) is 7.79. The van der Waals surface area contributed by atoms with Crippen LogP contribution in [-0.2, 0) is 4.79 Å². The van der Waals surface area contributed by atoms with Gasteiger partial charge in [0.05, 0.1) is 11.1 Å². The number of nitrogens with zero attached hydrogens (tertiary/aromatic N) is 2. The molecular weight excluding hydrogens is 400 g/mol. The number of hydrazine groups is 1. The van der Waals surface area contributed by atoms with Crippen molar-refractivity contribution in [3.63, 3.8) is 0 Å². The summed E-state index contributed by atoms with van der Waals surface area (Å²) in [6, 6.07) is 3.53. The first kappa shape index (κ1) is 21.0. The number of carbonyl (C=O) groups is 5. The van der Waals surface area contributed by atoms with Crippen LogP contribution in [0.2, 0.25) is 0 Å². The SMILES string of the molecule is CCCCN1C(=O)c2ccc(C(=O)NN3C(=O)NC4(CCC(C)CC4)C3=O)cc2C1=O. The molecule has 2 aliphatic heterocycles. The van der Waals surface area contributed by atoms with Gasteiger partial charge in [0.2, 0.25) is 0 Å². The standard InChI is InChI=1S/C22H26N4O5/c1-3-4-11-25-18(28)15-6-5-14(12-16(15)19(25)29)17(27)24-26-20(30)22(23-21(26)31)9-7-13(2)8-10-22/h5-6,12-13H,3-4,7-11H2,1-2H3,(H,23,31)(H,24,27). The van der Waals surface area contributed by atoms with Crippen molar-refractivity contribution in [3.8, 4) is 0 Å². The van der Waals surface area contributed by atoms with Gasteiger partial charge < -0.3 is 5.32 Å². The van der Waals surface area contributed by atoms with E-state index in [0.29, 0.717) is 31.7 Å². The minimum Gasteiger partial charge on any atom is -0.322 e. The summed E-state index contributed by atoms with van der Waals surface area (Å²) in [4.78, 5) is 64.3. The lowest BCUT2D eigenvalue weighted by molar-refractivity contribution is -0.134. The van der Waals surface area contributed by atoms with E-state index in [9.17, 15) is 24.0 Å². The number of unbranched alkanes of at least 4 members (excludes halogenated alkanes) is 1. The summed E-state index contributed by atoms with van der Waals surface area (Å²) in [5.41, 5.74) is 1.90. The van der Waals surface area contributed by atoms with Crippen LogP contribution in [0.25, 0.3) is 0 Å². The number of nitrogens with one attached hydrogen (secondary N) is 2. The molecule has 164 valence electrons.